The van der Waals surface area contributed by atoms with Gasteiger partial charge in [0.2, 0.25) is 0 Å². The minimum Gasteiger partial charge on any atom is -0.478 e. The molecule has 2 N–H and O–H groups in total. The Balaban J connectivity index is 0. The van der Waals surface area contributed by atoms with E-state index in [1.807, 2.05) is 0 Å². The lowest BCUT2D eigenvalue weighted by Crippen LogP contribution is -2.09. The molecule has 19 heavy (non-hydrogen) atoms. The van der Waals surface area contributed by atoms with E-state index in [2.05, 4.69) is 31.1 Å². The number of carboxylic acids is 1. The number of benzene rings is 1. The van der Waals surface area contributed by atoms with Crippen LogP contribution in [0.4, 0.5) is 0 Å². The first-order valence-electron chi connectivity index (χ1n) is 5.26. The third-order valence-electron chi connectivity index (χ3n) is 1.69. The quantitative estimate of drug-likeness (QED) is 0.644. The molecule has 5 heteroatoms. The van der Waals surface area contributed by atoms with Gasteiger partial charge in [0.25, 0.3) is 0 Å². The van der Waals surface area contributed by atoms with Crippen molar-refractivity contribution < 1.29 is 24.5 Å². The number of carbonyl (C=O) groups excluding carboxylic acids is 1. The van der Waals surface area contributed by atoms with E-state index in [0.29, 0.717) is 0 Å². The minimum atomic E-state index is -1.05. The summed E-state index contributed by atoms with van der Waals surface area (Å²) in [6.45, 7) is 11.7. The van der Waals surface area contributed by atoms with Crippen molar-refractivity contribution in [1.29, 1.82) is 0 Å². The van der Waals surface area contributed by atoms with Crippen molar-refractivity contribution in [3.63, 3.8) is 0 Å². The molecule has 0 aromatic heterocycles. The molecular weight excluding hydrogens is 248 g/mol. The van der Waals surface area contributed by atoms with Crippen LogP contribution >= 0.6 is 0 Å². The fourth-order valence-corrected chi connectivity index (χ4v) is 0.971. The van der Waals surface area contributed by atoms with Gasteiger partial charge in [0.05, 0.1) is 17.7 Å². The molecule has 0 heterocycles. The molecular formula is C14H18O5. The second-order valence-electron chi connectivity index (χ2n) is 2.74. The van der Waals surface area contributed by atoms with E-state index in [9.17, 15) is 9.59 Å². The number of carbonyl (C=O) groups is 2. The first-order chi connectivity index (χ1) is 9.15. The van der Waals surface area contributed by atoms with Gasteiger partial charge >= 0.3 is 11.9 Å². The molecule has 0 spiro atoms. The molecule has 0 radical (unpaired) electrons. The van der Waals surface area contributed by atoms with Crippen LogP contribution in [0.15, 0.2) is 50.6 Å². The second kappa shape index (κ2) is 12.1. The van der Waals surface area contributed by atoms with Crippen molar-refractivity contribution in [3.05, 3.63) is 61.7 Å². The maximum atomic E-state index is 11.2. The predicted octanol–water partition coefficient (Wildman–Crippen LogP) is 2.14. The molecule has 5 nitrogen and oxygen atoms in total. The Morgan fingerprint density at radius 1 is 1.00 bits per heavy atom. The van der Waals surface area contributed by atoms with Crippen molar-refractivity contribution in [3.8, 4) is 0 Å². The van der Waals surface area contributed by atoms with Gasteiger partial charge in [0.1, 0.15) is 6.61 Å². The lowest BCUT2D eigenvalue weighted by molar-refractivity contribution is 0.0433. The molecule has 0 aliphatic carbocycles. The summed E-state index contributed by atoms with van der Waals surface area (Å²) in [6, 6.07) is 5.36. The summed E-state index contributed by atoms with van der Waals surface area (Å²) in [7, 11) is 0. The second-order valence-corrected chi connectivity index (χ2v) is 2.74. The number of aliphatic hydroxyl groups is 1. The highest BCUT2D eigenvalue weighted by Gasteiger charge is 2.08. The molecule has 0 atom stereocenters. The Hall–Kier alpha value is -2.40. The number of aliphatic hydroxyl groups excluding tert-OH is 1. The first-order valence-corrected chi connectivity index (χ1v) is 5.26. The fraction of sp³-hybridized carbons (Fsp3) is 0.143. The molecule has 0 unspecified atom stereocenters. The van der Waals surface area contributed by atoms with Crippen LogP contribution in [0, 0.1) is 0 Å². The largest absolute Gasteiger partial charge is 0.478 e. The Kier molecular flexibility index (Phi) is 12.0. The van der Waals surface area contributed by atoms with Crippen LogP contribution in [0.5, 0.6) is 0 Å². The molecule has 1 rings (SSSR count). The Labute approximate surface area is 112 Å². The highest BCUT2D eigenvalue weighted by Crippen LogP contribution is 2.05. The van der Waals surface area contributed by atoms with Gasteiger partial charge in [-0.3, -0.25) is 0 Å². The summed E-state index contributed by atoms with van der Waals surface area (Å²) < 4.78 is 4.64. The van der Waals surface area contributed by atoms with E-state index in [1.165, 1.54) is 24.3 Å². The van der Waals surface area contributed by atoms with E-state index >= 15 is 0 Å². The maximum absolute atomic E-state index is 11.2. The molecule has 0 fully saturated rings. The summed E-state index contributed by atoms with van der Waals surface area (Å²) in [5.41, 5.74) is 0.363. The van der Waals surface area contributed by atoms with Gasteiger partial charge in [0, 0.05) is 0 Å². The topological polar surface area (TPSA) is 83.8 Å². The van der Waals surface area contributed by atoms with E-state index in [1.54, 1.807) is 0 Å². The number of ether oxygens (including phenoxy) is 1. The molecule has 1 aromatic carbocycles. The molecule has 0 saturated heterocycles. The van der Waals surface area contributed by atoms with Gasteiger partial charge in [-0.2, -0.15) is 0 Å². The average Bonchev–Trinajstić information content (AvgIpc) is 2.49. The number of hydrogen-bond donors (Lipinski definition) is 2. The molecule has 0 bridgehead atoms. The molecule has 0 saturated carbocycles. The van der Waals surface area contributed by atoms with Crippen LogP contribution in [0.25, 0.3) is 0 Å². The number of rotatable bonds is 4. The molecule has 0 aliphatic rings. The minimum absolute atomic E-state index is 0.0699. The number of aromatic carboxylic acids is 1. The van der Waals surface area contributed by atoms with Crippen molar-refractivity contribution in [2.75, 3.05) is 13.2 Å². The summed E-state index contributed by atoms with van der Waals surface area (Å²) >= 11 is 0. The number of hydrogen-bond acceptors (Lipinski definition) is 4. The Bertz CT molecular complexity index is 381. The van der Waals surface area contributed by atoms with Crippen molar-refractivity contribution >= 4 is 11.9 Å². The summed E-state index contributed by atoms with van der Waals surface area (Å²) in [6.07, 6.45) is 0. The zero-order valence-corrected chi connectivity index (χ0v) is 10.7. The lowest BCUT2D eigenvalue weighted by atomic mass is 10.1. The fourth-order valence-electron chi connectivity index (χ4n) is 0.971. The van der Waals surface area contributed by atoms with E-state index in [4.69, 9.17) is 10.2 Å². The standard InChI is InChI=1S/C10H10O5.2C2H4/c11-5-6-15-10(14)8-3-1-7(2-4-8)9(12)13;2*1-2/h1-4,11H,5-6H2,(H,12,13);2*1-2H2. The number of esters is 1. The van der Waals surface area contributed by atoms with Crippen molar-refractivity contribution in [1.82, 2.24) is 0 Å². The van der Waals surface area contributed by atoms with Crippen LogP contribution in [0.3, 0.4) is 0 Å². The average molecular weight is 266 g/mol. The smallest absolute Gasteiger partial charge is 0.338 e. The lowest BCUT2D eigenvalue weighted by Gasteiger charge is -2.02. The molecule has 104 valence electrons. The molecule has 0 aliphatic heterocycles. The van der Waals surface area contributed by atoms with Gasteiger partial charge in [0.15, 0.2) is 0 Å². The van der Waals surface area contributed by atoms with Gasteiger partial charge in [-0.25, -0.2) is 9.59 Å². The molecule has 1 aromatic rings. The highest BCUT2D eigenvalue weighted by atomic mass is 16.5. The van der Waals surface area contributed by atoms with Crippen LogP contribution in [0.2, 0.25) is 0 Å². The Morgan fingerprint density at radius 3 is 1.79 bits per heavy atom. The number of carboxylic acid groups (broad SMARTS) is 1. The third kappa shape index (κ3) is 7.51. The van der Waals surface area contributed by atoms with Crippen LogP contribution in [-0.2, 0) is 4.74 Å². The van der Waals surface area contributed by atoms with Gasteiger partial charge < -0.3 is 14.9 Å². The van der Waals surface area contributed by atoms with Crippen LogP contribution in [-0.4, -0.2) is 35.4 Å². The van der Waals surface area contributed by atoms with E-state index < -0.39 is 11.9 Å². The highest BCUT2D eigenvalue weighted by molar-refractivity contribution is 5.92. The van der Waals surface area contributed by atoms with E-state index in [-0.39, 0.29) is 24.3 Å². The SMILES string of the molecule is C=C.C=C.O=C(O)c1ccc(C(=O)OCCO)cc1. The predicted molar refractivity (Wildman–Crippen MR) is 73.3 cm³/mol. The van der Waals surface area contributed by atoms with Crippen molar-refractivity contribution in [2.24, 2.45) is 0 Å². The van der Waals surface area contributed by atoms with E-state index in [0.717, 1.165) is 0 Å². The third-order valence-corrected chi connectivity index (χ3v) is 1.69. The van der Waals surface area contributed by atoms with Gasteiger partial charge in [-0.05, 0) is 24.3 Å². The molecule has 0 amide bonds. The van der Waals surface area contributed by atoms with Gasteiger partial charge in [-0.1, -0.05) is 0 Å². The first kappa shape index (κ1) is 19.0. The zero-order valence-electron chi connectivity index (χ0n) is 10.7. The summed E-state index contributed by atoms with van der Waals surface area (Å²) in [4.78, 5) is 21.7. The van der Waals surface area contributed by atoms with Crippen LogP contribution < -0.4 is 0 Å². The summed E-state index contributed by atoms with van der Waals surface area (Å²) in [5, 5.41) is 17.0. The van der Waals surface area contributed by atoms with Gasteiger partial charge in [-0.15, -0.1) is 26.3 Å². The van der Waals surface area contributed by atoms with Crippen molar-refractivity contribution in [2.45, 2.75) is 0 Å². The monoisotopic (exact) mass is 266 g/mol. The van der Waals surface area contributed by atoms with Crippen LogP contribution in [0.1, 0.15) is 20.7 Å². The Morgan fingerprint density at radius 2 is 1.42 bits per heavy atom. The zero-order chi connectivity index (χ0) is 15.3. The normalized spacial score (nSPS) is 8.05. The summed E-state index contributed by atoms with van der Waals surface area (Å²) in [5.74, 6) is -1.63. The maximum Gasteiger partial charge on any atom is 0.338 e.